The van der Waals surface area contributed by atoms with Crippen LogP contribution in [0.1, 0.15) is 29.4 Å². The van der Waals surface area contributed by atoms with Crippen molar-refractivity contribution in [2.45, 2.75) is 20.3 Å². The minimum absolute atomic E-state index is 0.222. The van der Waals surface area contributed by atoms with Crippen LogP contribution in [0.5, 0.6) is 0 Å². The smallest absolute Gasteiger partial charge is 0.271 e. The number of amides is 1. The molecule has 7 nitrogen and oxygen atoms in total. The largest absolute Gasteiger partial charge is 0.370 e. The van der Waals surface area contributed by atoms with E-state index in [0.29, 0.717) is 11.5 Å². The molecule has 7 heteroatoms. The lowest BCUT2D eigenvalue weighted by atomic mass is 10.3. The summed E-state index contributed by atoms with van der Waals surface area (Å²) < 4.78 is 1.58. The van der Waals surface area contributed by atoms with E-state index in [1.807, 2.05) is 6.92 Å². The minimum Gasteiger partial charge on any atom is -0.370 e. The summed E-state index contributed by atoms with van der Waals surface area (Å²) in [7, 11) is 1.57. The Morgan fingerprint density at radius 1 is 1.40 bits per heavy atom. The second-order valence-electron chi connectivity index (χ2n) is 4.32. The van der Waals surface area contributed by atoms with Gasteiger partial charge in [-0.2, -0.15) is 5.10 Å². The van der Waals surface area contributed by atoms with Gasteiger partial charge < -0.3 is 10.6 Å². The highest BCUT2D eigenvalue weighted by molar-refractivity contribution is 5.91. The molecule has 1 amide bonds. The Morgan fingerprint density at radius 2 is 2.20 bits per heavy atom. The topological polar surface area (TPSA) is 84.7 Å². The molecule has 0 aliphatic rings. The first kappa shape index (κ1) is 14.0. The fraction of sp³-hybridized carbons (Fsp3) is 0.385. The highest BCUT2D eigenvalue weighted by atomic mass is 16.1. The summed E-state index contributed by atoms with van der Waals surface area (Å²) in [5.41, 5.74) is 1.25. The van der Waals surface area contributed by atoms with Gasteiger partial charge in [0.2, 0.25) is 0 Å². The fourth-order valence-electron chi connectivity index (χ4n) is 1.78. The van der Waals surface area contributed by atoms with Crippen molar-refractivity contribution in [3.05, 3.63) is 29.8 Å². The van der Waals surface area contributed by atoms with E-state index in [0.717, 1.165) is 24.3 Å². The molecule has 2 heterocycles. The van der Waals surface area contributed by atoms with Crippen LogP contribution in [0.3, 0.4) is 0 Å². The zero-order valence-corrected chi connectivity index (χ0v) is 11.8. The van der Waals surface area contributed by atoms with E-state index in [1.54, 1.807) is 24.0 Å². The van der Waals surface area contributed by atoms with Gasteiger partial charge in [-0.25, -0.2) is 14.6 Å². The summed E-state index contributed by atoms with van der Waals surface area (Å²) in [4.78, 5) is 20.0. The predicted molar refractivity (Wildman–Crippen MR) is 76.1 cm³/mol. The van der Waals surface area contributed by atoms with Gasteiger partial charge in [-0.15, -0.1) is 0 Å². The predicted octanol–water partition coefficient (Wildman–Crippen LogP) is 1.15. The third-order valence-electron chi connectivity index (χ3n) is 2.87. The molecule has 106 valence electrons. The normalized spacial score (nSPS) is 10.3. The first-order valence-corrected chi connectivity index (χ1v) is 6.51. The van der Waals surface area contributed by atoms with Crippen molar-refractivity contribution in [2.75, 3.05) is 18.9 Å². The number of hydrogen-bond donors (Lipinski definition) is 2. The molecule has 0 aliphatic carbocycles. The number of carbonyl (C=O) groups excluding carboxylic acids is 1. The SMILES string of the molecule is CCCNc1ncnc(-n2ccc(C(=O)NC)n2)c1C. The van der Waals surface area contributed by atoms with Crippen molar-refractivity contribution in [1.29, 1.82) is 0 Å². The first-order valence-electron chi connectivity index (χ1n) is 6.51. The Balaban J connectivity index is 2.33. The second-order valence-corrected chi connectivity index (χ2v) is 4.32. The zero-order valence-electron chi connectivity index (χ0n) is 11.8. The third kappa shape index (κ3) is 2.76. The van der Waals surface area contributed by atoms with Crippen LogP contribution in [0.4, 0.5) is 5.82 Å². The molecule has 0 aliphatic heterocycles. The standard InChI is InChI=1S/C13H18N6O/c1-4-6-15-11-9(2)12(17-8-16-11)19-7-5-10(18-19)13(20)14-3/h5,7-8H,4,6H2,1-3H3,(H,14,20)(H,15,16,17). The Morgan fingerprint density at radius 3 is 2.90 bits per heavy atom. The molecule has 0 bridgehead atoms. The number of carbonyl (C=O) groups is 1. The highest BCUT2D eigenvalue weighted by Gasteiger charge is 2.12. The molecule has 2 aromatic heterocycles. The summed E-state index contributed by atoms with van der Waals surface area (Å²) in [6.07, 6.45) is 4.21. The van der Waals surface area contributed by atoms with Gasteiger partial charge in [-0.05, 0) is 19.4 Å². The lowest BCUT2D eigenvalue weighted by molar-refractivity contribution is 0.0957. The Hall–Kier alpha value is -2.44. The average molecular weight is 274 g/mol. The van der Waals surface area contributed by atoms with Crippen molar-refractivity contribution in [1.82, 2.24) is 25.1 Å². The van der Waals surface area contributed by atoms with Crippen LogP contribution in [-0.2, 0) is 0 Å². The highest BCUT2D eigenvalue weighted by Crippen LogP contribution is 2.17. The Labute approximate surface area is 117 Å². The van der Waals surface area contributed by atoms with Gasteiger partial charge in [0.05, 0.1) is 0 Å². The van der Waals surface area contributed by atoms with Gasteiger partial charge in [0.25, 0.3) is 5.91 Å². The molecule has 0 spiro atoms. The lowest BCUT2D eigenvalue weighted by Crippen LogP contribution is -2.18. The van der Waals surface area contributed by atoms with E-state index in [9.17, 15) is 4.79 Å². The third-order valence-corrected chi connectivity index (χ3v) is 2.87. The van der Waals surface area contributed by atoms with Gasteiger partial charge in [-0.3, -0.25) is 4.79 Å². The quantitative estimate of drug-likeness (QED) is 0.854. The number of aromatic nitrogens is 4. The molecule has 0 aromatic carbocycles. The monoisotopic (exact) mass is 274 g/mol. The van der Waals surface area contributed by atoms with Crippen molar-refractivity contribution in [2.24, 2.45) is 0 Å². The minimum atomic E-state index is -0.222. The van der Waals surface area contributed by atoms with Crippen LogP contribution in [0.25, 0.3) is 5.82 Å². The molecule has 0 saturated heterocycles. The van der Waals surface area contributed by atoms with Gasteiger partial charge >= 0.3 is 0 Å². The van der Waals surface area contributed by atoms with Crippen LogP contribution in [-0.4, -0.2) is 39.2 Å². The van der Waals surface area contributed by atoms with Crippen molar-refractivity contribution >= 4 is 11.7 Å². The summed E-state index contributed by atoms with van der Waals surface area (Å²) in [6, 6.07) is 1.65. The number of anilines is 1. The van der Waals surface area contributed by atoms with E-state index < -0.39 is 0 Å². The molecule has 20 heavy (non-hydrogen) atoms. The van der Waals surface area contributed by atoms with Crippen LogP contribution in [0.2, 0.25) is 0 Å². The molecule has 2 aromatic rings. The van der Waals surface area contributed by atoms with Gasteiger partial charge in [0.15, 0.2) is 11.5 Å². The number of rotatable bonds is 5. The summed E-state index contributed by atoms with van der Waals surface area (Å²) in [5.74, 6) is 1.22. The van der Waals surface area contributed by atoms with Gasteiger partial charge in [0.1, 0.15) is 12.1 Å². The maximum absolute atomic E-state index is 11.5. The van der Waals surface area contributed by atoms with Crippen LogP contribution in [0, 0.1) is 6.92 Å². The van der Waals surface area contributed by atoms with Crippen LogP contribution in [0.15, 0.2) is 18.6 Å². The van der Waals surface area contributed by atoms with E-state index in [4.69, 9.17) is 0 Å². The van der Waals surface area contributed by atoms with Crippen molar-refractivity contribution < 1.29 is 4.79 Å². The Bertz CT molecular complexity index is 607. The molecular formula is C13H18N6O. The maximum atomic E-state index is 11.5. The van der Waals surface area contributed by atoms with Crippen LogP contribution < -0.4 is 10.6 Å². The van der Waals surface area contributed by atoms with E-state index >= 15 is 0 Å². The number of nitrogens with one attached hydrogen (secondary N) is 2. The molecule has 0 fully saturated rings. The number of hydrogen-bond acceptors (Lipinski definition) is 5. The zero-order chi connectivity index (χ0) is 14.5. The average Bonchev–Trinajstić information content (AvgIpc) is 2.95. The van der Waals surface area contributed by atoms with E-state index in [1.165, 1.54) is 6.33 Å². The van der Waals surface area contributed by atoms with Crippen molar-refractivity contribution in [3.8, 4) is 5.82 Å². The van der Waals surface area contributed by atoms with E-state index in [2.05, 4.69) is 32.6 Å². The first-order chi connectivity index (χ1) is 9.67. The molecule has 2 rings (SSSR count). The molecular weight excluding hydrogens is 256 g/mol. The summed E-state index contributed by atoms with van der Waals surface area (Å²) in [5, 5.41) is 10.0. The fourth-order valence-corrected chi connectivity index (χ4v) is 1.78. The van der Waals surface area contributed by atoms with E-state index in [-0.39, 0.29) is 5.91 Å². The molecule has 2 N–H and O–H groups in total. The van der Waals surface area contributed by atoms with Gasteiger partial charge in [0, 0.05) is 25.4 Å². The maximum Gasteiger partial charge on any atom is 0.271 e. The molecule has 0 saturated carbocycles. The lowest BCUT2D eigenvalue weighted by Gasteiger charge is -2.10. The summed E-state index contributed by atoms with van der Waals surface area (Å²) in [6.45, 7) is 4.86. The van der Waals surface area contributed by atoms with Gasteiger partial charge in [-0.1, -0.05) is 6.92 Å². The number of nitrogens with zero attached hydrogens (tertiary/aromatic N) is 4. The Kier molecular flexibility index (Phi) is 4.29. The molecule has 0 unspecified atom stereocenters. The summed E-state index contributed by atoms with van der Waals surface area (Å²) >= 11 is 0. The van der Waals surface area contributed by atoms with Crippen molar-refractivity contribution in [3.63, 3.8) is 0 Å². The second kappa shape index (κ2) is 6.14. The molecule has 0 atom stereocenters. The van der Waals surface area contributed by atoms with Crippen LogP contribution >= 0.6 is 0 Å². The molecule has 0 radical (unpaired) electrons.